The molecule has 0 atom stereocenters. The van der Waals surface area contributed by atoms with E-state index in [-0.39, 0.29) is 5.75 Å². The summed E-state index contributed by atoms with van der Waals surface area (Å²) in [6.07, 6.45) is 4.05. The standard InChI is InChI=1S/C14H17N5O4S/c1-3-4-5-12-16-17-14(24)18(12)15-8-9-6-10(19(21)22)13(20)11(7-9)23-2/h6-8,20H,3-5H2,1-2H3,(H,17,24)/b15-8+. The molecule has 10 heteroatoms. The molecule has 0 radical (unpaired) electrons. The summed E-state index contributed by atoms with van der Waals surface area (Å²) < 4.78 is 6.75. The summed E-state index contributed by atoms with van der Waals surface area (Å²) in [6.45, 7) is 2.07. The van der Waals surface area contributed by atoms with E-state index in [4.69, 9.17) is 17.0 Å². The zero-order valence-electron chi connectivity index (χ0n) is 13.2. The van der Waals surface area contributed by atoms with E-state index < -0.39 is 16.4 Å². The monoisotopic (exact) mass is 351 g/mol. The minimum atomic E-state index is -0.689. The van der Waals surface area contributed by atoms with Gasteiger partial charge < -0.3 is 9.84 Å². The summed E-state index contributed by atoms with van der Waals surface area (Å²) in [7, 11) is 1.31. The lowest BCUT2D eigenvalue weighted by Gasteiger charge is -2.05. The molecular formula is C14H17N5O4S. The van der Waals surface area contributed by atoms with E-state index in [0.717, 1.165) is 12.8 Å². The summed E-state index contributed by atoms with van der Waals surface area (Å²) in [5.41, 5.74) is -0.0707. The van der Waals surface area contributed by atoms with Gasteiger partial charge in [0.1, 0.15) is 0 Å². The van der Waals surface area contributed by atoms with Crippen molar-refractivity contribution in [1.82, 2.24) is 14.9 Å². The van der Waals surface area contributed by atoms with Gasteiger partial charge in [-0.05, 0) is 24.7 Å². The first-order chi connectivity index (χ1) is 11.5. The third kappa shape index (κ3) is 3.77. The fourth-order valence-corrected chi connectivity index (χ4v) is 2.25. The van der Waals surface area contributed by atoms with Crippen molar-refractivity contribution in [2.75, 3.05) is 7.11 Å². The molecule has 1 aromatic carbocycles. The number of hydrogen-bond donors (Lipinski definition) is 2. The highest BCUT2D eigenvalue weighted by molar-refractivity contribution is 7.71. The van der Waals surface area contributed by atoms with Crippen LogP contribution in [0.15, 0.2) is 17.2 Å². The third-order valence-corrected chi connectivity index (χ3v) is 3.55. The molecule has 2 rings (SSSR count). The van der Waals surface area contributed by atoms with Crippen molar-refractivity contribution in [3.05, 3.63) is 38.4 Å². The highest BCUT2D eigenvalue weighted by atomic mass is 32.1. The Morgan fingerprint density at radius 1 is 1.58 bits per heavy atom. The van der Waals surface area contributed by atoms with E-state index >= 15 is 0 Å². The van der Waals surface area contributed by atoms with Crippen molar-refractivity contribution in [3.8, 4) is 11.5 Å². The number of aromatic hydroxyl groups is 1. The van der Waals surface area contributed by atoms with Crippen molar-refractivity contribution in [3.63, 3.8) is 0 Å². The Morgan fingerprint density at radius 3 is 2.96 bits per heavy atom. The molecule has 0 unspecified atom stereocenters. The number of benzene rings is 1. The van der Waals surface area contributed by atoms with E-state index in [9.17, 15) is 15.2 Å². The van der Waals surface area contributed by atoms with Crippen LogP contribution in [-0.4, -0.2) is 38.2 Å². The van der Waals surface area contributed by atoms with Crippen LogP contribution in [0.2, 0.25) is 0 Å². The summed E-state index contributed by atoms with van der Waals surface area (Å²) in [5.74, 6) is 0.147. The maximum Gasteiger partial charge on any atom is 0.315 e. The van der Waals surface area contributed by atoms with Gasteiger partial charge in [0.25, 0.3) is 0 Å². The molecule has 0 aliphatic carbocycles. The molecule has 0 saturated heterocycles. The highest BCUT2D eigenvalue weighted by Crippen LogP contribution is 2.36. The normalized spacial score (nSPS) is 11.1. The van der Waals surface area contributed by atoms with E-state index in [2.05, 4.69) is 22.2 Å². The molecule has 0 saturated carbocycles. The summed E-state index contributed by atoms with van der Waals surface area (Å²) in [5, 5.41) is 31.8. The summed E-state index contributed by atoms with van der Waals surface area (Å²) >= 11 is 5.13. The fourth-order valence-electron chi connectivity index (χ4n) is 2.05. The number of rotatable bonds is 7. The number of aryl methyl sites for hydroxylation is 1. The maximum atomic E-state index is 11.0. The Bertz CT molecular complexity index is 827. The lowest BCUT2D eigenvalue weighted by Crippen LogP contribution is -2.00. The Hall–Kier alpha value is -2.75. The molecular weight excluding hydrogens is 334 g/mol. The molecule has 0 spiro atoms. The van der Waals surface area contributed by atoms with Gasteiger partial charge in [-0.1, -0.05) is 13.3 Å². The predicted molar refractivity (Wildman–Crippen MR) is 90.3 cm³/mol. The van der Waals surface area contributed by atoms with Gasteiger partial charge >= 0.3 is 5.69 Å². The van der Waals surface area contributed by atoms with Crippen LogP contribution in [0, 0.1) is 14.9 Å². The molecule has 2 aromatic rings. The molecule has 0 amide bonds. The molecule has 1 aromatic heterocycles. The van der Waals surface area contributed by atoms with Crippen molar-refractivity contribution in [2.45, 2.75) is 26.2 Å². The van der Waals surface area contributed by atoms with Crippen molar-refractivity contribution < 1.29 is 14.8 Å². The molecule has 9 nitrogen and oxygen atoms in total. The SMILES string of the molecule is CCCCc1n[nH]c(=S)n1/N=C/c1cc(OC)c(O)c([N+](=O)[O-])c1. The highest BCUT2D eigenvalue weighted by Gasteiger charge is 2.19. The van der Waals surface area contributed by atoms with Crippen molar-refractivity contribution >= 4 is 24.1 Å². The Kier molecular flexibility index (Phi) is 5.64. The summed E-state index contributed by atoms with van der Waals surface area (Å²) in [4.78, 5) is 10.3. The molecule has 1 heterocycles. The number of nitrogens with zero attached hydrogens (tertiary/aromatic N) is 4. The molecule has 0 fully saturated rings. The van der Waals surface area contributed by atoms with Crippen LogP contribution < -0.4 is 4.74 Å². The second kappa shape index (κ2) is 7.68. The lowest BCUT2D eigenvalue weighted by molar-refractivity contribution is -0.386. The van der Waals surface area contributed by atoms with Gasteiger partial charge in [0.05, 0.1) is 18.2 Å². The van der Waals surface area contributed by atoms with Crippen LogP contribution >= 0.6 is 12.2 Å². The minimum absolute atomic E-state index is 0.00681. The van der Waals surface area contributed by atoms with Crippen LogP contribution in [0.25, 0.3) is 0 Å². The number of phenols is 1. The van der Waals surface area contributed by atoms with Crippen LogP contribution in [0.5, 0.6) is 11.5 Å². The number of unbranched alkanes of at least 4 members (excludes halogenated alkanes) is 1. The quantitative estimate of drug-likeness (QED) is 0.343. The maximum absolute atomic E-state index is 11.0. The second-order valence-electron chi connectivity index (χ2n) is 4.95. The number of nitro groups is 1. The topological polar surface area (TPSA) is 119 Å². The van der Waals surface area contributed by atoms with E-state index in [1.807, 2.05) is 0 Å². The van der Waals surface area contributed by atoms with Gasteiger partial charge in [-0.25, -0.2) is 0 Å². The first-order valence-corrected chi connectivity index (χ1v) is 7.64. The van der Waals surface area contributed by atoms with Crippen LogP contribution in [0.3, 0.4) is 0 Å². The van der Waals surface area contributed by atoms with E-state index in [1.165, 1.54) is 30.1 Å². The number of ether oxygens (including phenoxy) is 1. The average Bonchev–Trinajstić information content (AvgIpc) is 2.91. The average molecular weight is 351 g/mol. The zero-order chi connectivity index (χ0) is 17.7. The lowest BCUT2D eigenvalue weighted by atomic mass is 10.2. The van der Waals surface area contributed by atoms with Crippen LogP contribution in [0.1, 0.15) is 31.2 Å². The van der Waals surface area contributed by atoms with Crippen LogP contribution in [-0.2, 0) is 6.42 Å². The fraction of sp³-hybridized carbons (Fsp3) is 0.357. The van der Waals surface area contributed by atoms with Gasteiger partial charge in [-0.2, -0.15) is 14.9 Å². The molecule has 0 aliphatic rings. The molecule has 0 aliphatic heterocycles. The first-order valence-electron chi connectivity index (χ1n) is 7.24. The number of methoxy groups -OCH3 is 1. The largest absolute Gasteiger partial charge is 0.500 e. The van der Waals surface area contributed by atoms with Gasteiger partial charge in [0.15, 0.2) is 11.6 Å². The van der Waals surface area contributed by atoms with Gasteiger partial charge in [-0.15, -0.1) is 0 Å². The van der Waals surface area contributed by atoms with Crippen molar-refractivity contribution in [2.24, 2.45) is 5.10 Å². The number of H-pyrrole nitrogens is 1. The number of phenolic OH excluding ortho intramolecular Hbond substituents is 1. The first kappa shape index (κ1) is 17.6. The molecule has 0 bridgehead atoms. The minimum Gasteiger partial charge on any atom is -0.500 e. The Morgan fingerprint density at radius 2 is 2.33 bits per heavy atom. The zero-order valence-corrected chi connectivity index (χ0v) is 14.0. The molecule has 24 heavy (non-hydrogen) atoms. The predicted octanol–water partition coefficient (Wildman–Crippen LogP) is 2.79. The van der Waals surface area contributed by atoms with Crippen LogP contribution in [0.4, 0.5) is 5.69 Å². The molecule has 128 valence electrons. The van der Waals surface area contributed by atoms with Gasteiger partial charge in [-0.3, -0.25) is 15.2 Å². The Labute approximate surface area is 142 Å². The van der Waals surface area contributed by atoms with Gasteiger partial charge in [0.2, 0.25) is 10.5 Å². The van der Waals surface area contributed by atoms with Gasteiger partial charge in [0, 0.05) is 18.1 Å². The van der Waals surface area contributed by atoms with Crippen molar-refractivity contribution in [1.29, 1.82) is 0 Å². The smallest absolute Gasteiger partial charge is 0.315 e. The number of aromatic amines is 1. The number of nitro benzene ring substituents is 1. The summed E-state index contributed by atoms with van der Waals surface area (Å²) in [6, 6.07) is 2.65. The third-order valence-electron chi connectivity index (χ3n) is 3.29. The second-order valence-corrected chi connectivity index (χ2v) is 5.34. The number of nitrogens with one attached hydrogen (secondary N) is 1. The van der Waals surface area contributed by atoms with E-state index in [0.29, 0.717) is 22.6 Å². The Balaban J connectivity index is 2.39. The number of hydrogen-bond acceptors (Lipinski definition) is 7. The number of aromatic nitrogens is 3. The van der Waals surface area contributed by atoms with E-state index in [1.54, 1.807) is 0 Å². The molecule has 2 N–H and O–H groups in total.